The third kappa shape index (κ3) is 2.38. The number of hydrogen-bond donors (Lipinski definition) is 0. The van der Waals surface area contributed by atoms with Crippen LogP contribution < -0.4 is 10.3 Å². The van der Waals surface area contributed by atoms with Crippen LogP contribution in [-0.4, -0.2) is 26.0 Å². The number of unbranched alkanes of at least 4 members (excludes halogenated alkanes) is 1. The molecule has 0 N–H and O–H groups in total. The molecule has 0 radical (unpaired) electrons. The summed E-state index contributed by atoms with van der Waals surface area (Å²) < 4.78 is 8.97. The fourth-order valence-corrected chi connectivity index (χ4v) is 2.99. The van der Waals surface area contributed by atoms with E-state index in [4.69, 9.17) is 4.74 Å². The van der Waals surface area contributed by atoms with Crippen LogP contribution in [0.4, 0.5) is 0 Å². The third-order valence-corrected chi connectivity index (χ3v) is 4.16. The van der Waals surface area contributed by atoms with Gasteiger partial charge in [0.15, 0.2) is 5.65 Å². The van der Waals surface area contributed by atoms with E-state index in [1.165, 1.54) is 0 Å². The molecule has 0 saturated carbocycles. The van der Waals surface area contributed by atoms with Gasteiger partial charge in [0.2, 0.25) is 5.88 Å². The molecule has 0 aromatic carbocycles. The van der Waals surface area contributed by atoms with Gasteiger partial charge >= 0.3 is 0 Å². The second kappa shape index (κ2) is 6.02. The van der Waals surface area contributed by atoms with Crippen molar-refractivity contribution in [3.63, 3.8) is 0 Å². The smallest absolute Gasteiger partial charge is 0.277 e. The van der Waals surface area contributed by atoms with E-state index in [2.05, 4.69) is 16.9 Å². The Bertz CT molecular complexity index is 924. The molecule has 6 heteroatoms. The first-order valence-corrected chi connectivity index (χ1v) is 8.07. The molecule has 3 heterocycles. The number of hydrogen-bond acceptors (Lipinski definition) is 4. The lowest BCUT2D eigenvalue weighted by atomic mass is 10.3. The lowest BCUT2D eigenvalue weighted by Gasteiger charge is -2.13. The van der Waals surface area contributed by atoms with Crippen LogP contribution >= 0.6 is 0 Å². The minimum absolute atomic E-state index is 0.00242. The second-order valence-corrected chi connectivity index (χ2v) is 5.66. The van der Waals surface area contributed by atoms with E-state index in [0.717, 1.165) is 41.9 Å². The van der Waals surface area contributed by atoms with E-state index < -0.39 is 0 Å². The maximum atomic E-state index is 13.0. The molecule has 23 heavy (non-hydrogen) atoms. The second-order valence-electron chi connectivity index (χ2n) is 5.66. The summed E-state index contributed by atoms with van der Waals surface area (Å²) in [5.41, 5.74) is 2.92. The van der Waals surface area contributed by atoms with Gasteiger partial charge in [-0.1, -0.05) is 20.3 Å². The highest BCUT2D eigenvalue weighted by molar-refractivity contribution is 5.77. The Morgan fingerprint density at radius 2 is 2.00 bits per heavy atom. The van der Waals surface area contributed by atoms with Crippen LogP contribution in [0.25, 0.3) is 16.7 Å². The summed E-state index contributed by atoms with van der Waals surface area (Å²) in [5.74, 6) is 1.39. The average molecular weight is 314 g/mol. The van der Waals surface area contributed by atoms with Gasteiger partial charge in [0.05, 0.1) is 18.3 Å². The minimum Gasteiger partial charge on any atom is -0.481 e. The lowest BCUT2D eigenvalue weighted by Crippen LogP contribution is -2.24. The number of nitrogens with zero attached hydrogens (tertiary/aromatic N) is 4. The number of fused-ring (bicyclic) bond motifs is 3. The molecule has 0 fully saturated rings. The summed E-state index contributed by atoms with van der Waals surface area (Å²) in [6.45, 7) is 6.71. The largest absolute Gasteiger partial charge is 0.481 e. The number of aromatic nitrogens is 4. The zero-order valence-electron chi connectivity index (χ0n) is 14.1. The van der Waals surface area contributed by atoms with Crippen LogP contribution in [0, 0.1) is 6.92 Å². The van der Waals surface area contributed by atoms with Crippen molar-refractivity contribution < 1.29 is 4.74 Å². The summed E-state index contributed by atoms with van der Waals surface area (Å²) in [7, 11) is 1.60. The third-order valence-electron chi connectivity index (χ3n) is 4.16. The number of pyridine rings is 1. The maximum absolute atomic E-state index is 13.0. The molecule has 0 saturated heterocycles. The SMILES string of the molecule is CCCCn1c(=O)c2c(C)nc(CC)n2c2nc(OC)ccc21. The predicted molar refractivity (Wildman–Crippen MR) is 90.3 cm³/mol. The van der Waals surface area contributed by atoms with Gasteiger partial charge in [-0.25, -0.2) is 4.98 Å². The Morgan fingerprint density at radius 1 is 1.22 bits per heavy atom. The zero-order valence-corrected chi connectivity index (χ0v) is 14.1. The quantitative estimate of drug-likeness (QED) is 0.726. The molecule has 0 aliphatic carbocycles. The molecule has 0 bridgehead atoms. The van der Waals surface area contributed by atoms with E-state index in [9.17, 15) is 4.79 Å². The molecule has 0 atom stereocenters. The van der Waals surface area contributed by atoms with Crippen molar-refractivity contribution in [1.29, 1.82) is 0 Å². The van der Waals surface area contributed by atoms with Gasteiger partial charge in [-0.3, -0.25) is 9.20 Å². The topological polar surface area (TPSA) is 61.4 Å². The van der Waals surface area contributed by atoms with Gasteiger partial charge in [0.1, 0.15) is 11.3 Å². The van der Waals surface area contributed by atoms with Crippen LogP contribution in [-0.2, 0) is 13.0 Å². The predicted octanol–water partition coefficient (Wildman–Crippen LogP) is 2.72. The molecule has 3 aromatic rings. The van der Waals surface area contributed by atoms with Gasteiger partial charge in [0.25, 0.3) is 5.56 Å². The van der Waals surface area contributed by atoms with Gasteiger partial charge < -0.3 is 9.30 Å². The van der Waals surface area contributed by atoms with E-state index in [1.54, 1.807) is 13.2 Å². The van der Waals surface area contributed by atoms with Crippen LogP contribution in [0.2, 0.25) is 0 Å². The van der Waals surface area contributed by atoms with Crippen molar-refractivity contribution in [2.75, 3.05) is 7.11 Å². The highest BCUT2D eigenvalue weighted by Crippen LogP contribution is 2.21. The number of rotatable bonds is 5. The summed E-state index contributed by atoms with van der Waals surface area (Å²) in [6, 6.07) is 3.71. The van der Waals surface area contributed by atoms with Crippen LogP contribution in [0.5, 0.6) is 5.88 Å². The molecule has 0 aliphatic heterocycles. The Balaban J connectivity index is 2.49. The molecule has 0 unspecified atom stereocenters. The molecule has 6 nitrogen and oxygen atoms in total. The average Bonchev–Trinajstić information content (AvgIpc) is 2.91. The monoisotopic (exact) mass is 314 g/mol. The lowest BCUT2D eigenvalue weighted by molar-refractivity contribution is 0.399. The number of aryl methyl sites for hydroxylation is 3. The minimum atomic E-state index is 0.00242. The molecular weight excluding hydrogens is 292 g/mol. The molecule has 3 rings (SSSR count). The molecular formula is C17H22N4O2. The van der Waals surface area contributed by atoms with E-state index in [1.807, 2.05) is 28.9 Å². The van der Waals surface area contributed by atoms with Gasteiger partial charge in [-0.05, 0) is 19.4 Å². The fraction of sp³-hybridized carbons (Fsp3) is 0.471. The van der Waals surface area contributed by atoms with E-state index in [-0.39, 0.29) is 5.56 Å². The maximum Gasteiger partial charge on any atom is 0.277 e. The number of imidazole rings is 1. The molecule has 0 spiro atoms. The summed E-state index contributed by atoms with van der Waals surface area (Å²) >= 11 is 0. The zero-order chi connectivity index (χ0) is 16.6. The first-order valence-electron chi connectivity index (χ1n) is 8.07. The molecule has 0 aliphatic rings. The molecule has 0 amide bonds. The van der Waals surface area contributed by atoms with Crippen LogP contribution in [0.15, 0.2) is 16.9 Å². The molecule has 3 aromatic heterocycles. The first-order chi connectivity index (χ1) is 11.1. The van der Waals surface area contributed by atoms with Crippen molar-refractivity contribution in [3.8, 4) is 5.88 Å². The van der Waals surface area contributed by atoms with Crippen molar-refractivity contribution in [2.24, 2.45) is 0 Å². The Morgan fingerprint density at radius 3 is 2.65 bits per heavy atom. The first kappa shape index (κ1) is 15.5. The highest BCUT2D eigenvalue weighted by atomic mass is 16.5. The van der Waals surface area contributed by atoms with Crippen molar-refractivity contribution >= 4 is 16.7 Å². The number of ether oxygens (including phenoxy) is 1. The Hall–Kier alpha value is -2.37. The number of methoxy groups -OCH3 is 1. The van der Waals surface area contributed by atoms with Gasteiger partial charge in [-0.15, -0.1) is 0 Å². The van der Waals surface area contributed by atoms with Crippen molar-refractivity contribution in [3.05, 3.63) is 34.0 Å². The fourth-order valence-electron chi connectivity index (χ4n) is 2.99. The van der Waals surface area contributed by atoms with Gasteiger partial charge in [-0.2, -0.15) is 4.98 Å². The van der Waals surface area contributed by atoms with E-state index >= 15 is 0 Å². The summed E-state index contributed by atoms with van der Waals surface area (Å²) in [4.78, 5) is 22.2. The highest BCUT2D eigenvalue weighted by Gasteiger charge is 2.18. The van der Waals surface area contributed by atoms with E-state index in [0.29, 0.717) is 17.9 Å². The Kier molecular flexibility index (Phi) is 4.07. The summed E-state index contributed by atoms with van der Waals surface area (Å²) in [6.07, 6.45) is 2.72. The summed E-state index contributed by atoms with van der Waals surface area (Å²) in [5, 5.41) is 0. The molecule has 122 valence electrons. The van der Waals surface area contributed by atoms with Gasteiger partial charge in [0, 0.05) is 19.0 Å². The van der Waals surface area contributed by atoms with Crippen LogP contribution in [0.3, 0.4) is 0 Å². The van der Waals surface area contributed by atoms with Crippen molar-refractivity contribution in [2.45, 2.75) is 46.6 Å². The normalized spacial score (nSPS) is 11.5. The van der Waals surface area contributed by atoms with Crippen LogP contribution in [0.1, 0.15) is 38.2 Å². The Labute approximate surface area is 134 Å². The van der Waals surface area contributed by atoms with Crippen molar-refractivity contribution in [1.82, 2.24) is 18.9 Å². The standard InChI is InChI=1S/C17H22N4O2/c1-5-7-10-20-12-8-9-14(23-4)19-16(12)21-13(6-2)18-11(3)15(21)17(20)22/h8-9H,5-7,10H2,1-4H3.